The lowest BCUT2D eigenvalue weighted by Crippen LogP contribution is -2.30. The zero-order chi connectivity index (χ0) is 24.0. The van der Waals surface area contributed by atoms with Crippen LogP contribution in [-0.4, -0.2) is 40.8 Å². The second-order valence-corrected chi connectivity index (χ2v) is 9.14. The van der Waals surface area contributed by atoms with Crippen LogP contribution in [0, 0.1) is 12.8 Å². The van der Waals surface area contributed by atoms with Crippen molar-refractivity contribution in [3.63, 3.8) is 0 Å². The van der Waals surface area contributed by atoms with Crippen LogP contribution >= 0.6 is 11.3 Å². The number of carbonyl (C=O) groups is 1. The summed E-state index contributed by atoms with van der Waals surface area (Å²) in [6.45, 7) is 4.34. The first-order valence-corrected chi connectivity index (χ1v) is 12.3. The van der Waals surface area contributed by atoms with Crippen LogP contribution in [0.25, 0.3) is 11.5 Å². The van der Waals surface area contributed by atoms with E-state index in [-0.39, 0.29) is 5.91 Å². The highest BCUT2D eigenvalue weighted by molar-refractivity contribution is 7.13. The first-order valence-electron chi connectivity index (χ1n) is 11.4. The molecule has 0 spiro atoms. The monoisotopic (exact) mass is 491 g/mol. The minimum absolute atomic E-state index is 0.278. The molecule has 1 saturated heterocycles. The number of thiazole rings is 1. The summed E-state index contributed by atoms with van der Waals surface area (Å²) in [4.78, 5) is 17.0. The van der Waals surface area contributed by atoms with Crippen molar-refractivity contribution in [3.05, 3.63) is 65.5 Å². The lowest BCUT2D eigenvalue weighted by atomic mass is 9.99. The Labute approximate surface area is 206 Å². The van der Waals surface area contributed by atoms with E-state index in [1.54, 1.807) is 31.3 Å². The van der Waals surface area contributed by atoms with Gasteiger partial charge in [-0.1, -0.05) is 0 Å². The van der Waals surface area contributed by atoms with Crippen molar-refractivity contribution in [2.24, 2.45) is 5.92 Å². The van der Waals surface area contributed by atoms with E-state index in [2.05, 4.69) is 25.8 Å². The molecule has 0 atom stereocenters. The number of piperidine rings is 1. The van der Waals surface area contributed by atoms with E-state index in [1.165, 1.54) is 11.3 Å². The lowest BCUT2D eigenvalue weighted by molar-refractivity contribution is 0.102. The fourth-order valence-electron chi connectivity index (χ4n) is 3.78. The van der Waals surface area contributed by atoms with Crippen molar-refractivity contribution >= 4 is 22.4 Å². The molecule has 10 heteroatoms. The van der Waals surface area contributed by atoms with Gasteiger partial charge in [-0.3, -0.25) is 10.1 Å². The van der Waals surface area contributed by atoms with Crippen molar-refractivity contribution in [2.45, 2.75) is 19.8 Å². The second-order valence-electron chi connectivity index (χ2n) is 8.24. The summed E-state index contributed by atoms with van der Waals surface area (Å²) in [6, 6.07) is 12.5. The summed E-state index contributed by atoms with van der Waals surface area (Å²) >= 11 is 1.36. The summed E-state index contributed by atoms with van der Waals surface area (Å²) in [5, 5.41) is 16.4. The molecule has 5 rings (SSSR count). The maximum absolute atomic E-state index is 12.9. The molecule has 1 aliphatic heterocycles. The van der Waals surface area contributed by atoms with Gasteiger partial charge in [-0.15, -0.1) is 21.5 Å². The Kier molecular flexibility index (Phi) is 7.01. The normalized spacial score (nSPS) is 14.0. The summed E-state index contributed by atoms with van der Waals surface area (Å²) in [7, 11) is 0. The molecule has 4 aromatic rings. The topological polar surface area (TPSA) is 111 Å². The van der Waals surface area contributed by atoms with Crippen molar-refractivity contribution in [1.29, 1.82) is 0 Å². The fourth-order valence-corrected chi connectivity index (χ4v) is 4.30. The highest BCUT2D eigenvalue weighted by atomic mass is 32.1. The van der Waals surface area contributed by atoms with Gasteiger partial charge in [0.25, 0.3) is 5.91 Å². The summed E-state index contributed by atoms with van der Waals surface area (Å²) in [6.07, 6.45) is 3.78. The molecule has 0 unspecified atom stereocenters. The van der Waals surface area contributed by atoms with Crippen LogP contribution in [0.2, 0.25) is 0 Å². The summed E-state index contributed by atoms with van der Waals surface area (Å²) < 4.78 is 17.7. The Hall–Kier alpha value is -3.76. The van der Waals surface area contributed by atoms with Gasteiger partial charge in [-0.2, -0.15) is 0 Å². The molecule has 3 heterocycles. The van der Waals surface area contributed by atoms with Crippen LogP contribution in [0.4, 0.5) is 5.13 Å². The highest BCUT2D eigenvalue weighted by Gasteiger charge is 2.16. The highest BCUT2D eigenvalue weighted by Crippen LogP contribution is 2.30. The number of carbonyl (C=O) groups excluding carboxylic acids is 1. The molecule has 180 valence electrons. The van der Waals surface area contributed by atoms with Gasteiger partial charge in [0.15, 0.2) is 5.13 Å². The number of rotatable bonds is 8. The SMILES string of the molecule is Cc1nnc(-c2ccc(Oc3cc(OCC4CCNCC4)cc(C(=O)Nc4nccs4)c3)cc2)o1. The Balaban J connectivity index is 1.34. The van der Waals surface area contributed by atoms with Crippen LogP contribution in [0.3, 0.4) is 0 Å². The predicted octanol–water partition coefficient (Wildman–Crippen LogP) is 4.92. The molecular weight excluding hydrogens is 466 g/mol. The molecule has 1 aliphatic rings. The molecule has 1 fully saturated rings. The predicted molar refractivity (Wildman–Crippen MR) is 132 cm³/mol. The average Bonchev–Trinajstić information content (AvgIpc) is 3.55. The number of ether oxygens (including phenoxy) is 2. The Morgan fingerprint density at radius 3 is 2.63 bits per heavy atom. The van der Waals surface area contributed by atoms with Gasteiger partial charge in [-0.05, 0) is 68.2 Å². The van der Waals surface area contributed by atoms with Crippen LogP contribution in [0.15, 0.2) is 58.5 Å². The Morgan fingerprint density at radius 2 is 1.91 bits per heavy atom. The summed E-state index contributed by atoms with van der Waals surface area (Å²) in [5.41, 5.74) is 1.22. The van der Waals surface area contributed by atoms with Gasteiger partial charge < -0.3 is 19.2 Å². The van der Waals surface area contributed by atoms with Crippen LogP contribution in [-0.2, 0) is 0 Å². The molecule has 0 radical (unpaired) electrons. The molecule has 2 aromatic heterocycles. The van der Waals surface area contributed by atoms with Gasteiger partial charge in [0.2, 0.25) is 11.8 Å². The number of anilines is 1. The fraction of sp³-hybridized carbons (Fsp3) is 0.280. The minimum Gasteiger partial charge on any atom is -0.493 e. The summed E-state index contributed by atoms with van der Waals surface area (Å²) in [5.74, 6) is 2.84. The average molecular weight is 492 g/mol. The van der Waals surface area contributed by atoms with Gasteiger partial charge >= 0.3 is 0 Å². The van der Waals surface area contributed by atoms with E-state index < -0.39 is 0 Å². The molecule has 0 saturated carbocycles. The Bertz CT molecular complexity index is 1270. The van der Waals surface area contributed by atoms with Gasteiger partial charge in [-0.25, -0.2) is 4.98 Å². The van der Waals surface area contributed by atoms with E-state index >= 15 is 0 Å². The van der Waals surface area contributed by atoms with Crippen molar-refractivity contribution in [2.75, 3.05) is 25.0 Å². The molecule has 2 N–H and O–H groups in total. The van der Waals surface area contributed by atoms with Crippen LogP contribution in [0.5, 0.6) is 17.2 Å². The standard InChI is InChI=1S/C25H25N5O4S/c1-16-29-30-24(33-16)18-2-4-20(5-3-18)34-22-13-19(23(31)28-25-27-10-11-35-25)12-21(14-22)32-15-17-6-8-26-9-7-17/h2-5,10-14,17,26H,6-9,15H2,1H3,(H,27,28,31). The van der Waals surface area contributed by atoms with Gasteiger partial charge in [0, 0.05) is 35.7 Å². The third-order valence-corrected chi connectivity index (χ3v) is 6.29. The maximum Gasteiger partial charge on any atom is 0.257 e. The van der Waals surface area contributed by atoms with E-state index in [0.717, 1.165) is 31.5 Å². The number of aryl methyl sites for hydroxylation is 1. The van der Waals surface area contributed by atoms with Crippen molar-refractivity contribution in [3.8, 4) is 28.7 Å². The second kappa shape index (κ2) is 10.7. The Morgan fingerprint density at radius 1 is 1.11 bits per heavy atom. The first kappa shape index (κ1) is 23.0. The van der Waals surface area contributed by atoms with E-state index in [1.807, 2.05) is 29.6 Å². The molecule has 0 bridgehead atoms. The van der Waals surface area contributed by atoms with Gasteiger partial charge in [0.05, 0.1) is 6.61 Å². The largest absolute Gasteiger partial charge is 0.493 e. The van der Waals surface area contributed by atoms with Crippen LogP contribution < -0.4 is 20.1 Å². The van der Waals surface area contributed by atoms with Gasteiger partial charge in [0.1, 0.15) is 17.2 Å². The zero-order valence-electron chi connectivity index (χ0n) is 19.2. The number of aromatic nitrogens is 3. The molecule has 9 nitrogen and oxygen atoms in total. The smallest absolute Gasteiger partial charge is 0.257 e. The lowest BCUT2D eigenvalue weighted by Gasteiger charge is -2.23. The van der Waals surface area contributed by atoms with Crippen molar-refractivity contribution < 1.29 is 18.7 Å². The third-order valence-electron chi connectivity index (χ3n) is 5.60. The van der Waals surface area contributed by atoms with E-state index in [0.29, 0.717) is 52.2 Å². The maximum atomic E-state index is 12.9. The van der Waals surface area contributed by atoms with E-state index in [9.17, 15) is 4.79 Å². The number of amides is 1. The zero-order valence-corrected chi connectivity index (χ0v) is 20.0. The number of nitrogens with zero attached hydrogens (tertiary/aromatic N) is 3. The molecular formula is C25H25N5O4S. The minimum atomic E-state index is -0.278. The molecule has 1 amide bonds. The molecule has 0 aliphatic carbocycles. The van der Waals surface area contributed by atoms with Crippen molar-refractivity contribution in [1.82, 2.24) is 20.5 Å². The molecule has 2 aromatic carbocycles. The number of benzene rings is 2. The molecule has 35 heavy (non-hydrogen) atoms. The number of nitrogens with one attached hydrogen (secondary N) is 2. The van der Waals surface area contributed by atoms with E-state index in [4.69, 9.17) is 13.9 Å². The third kappa shape index (κ3) is 6.03. The quantitative estimate of drug-likeness (QED) is 0.357. The first-order chi connectivity index (χ1) is 17.1. The number of hydrogen-bond donors (Lipinski definition) is 2. The number of hydrogen-bond acceptors (Lipinski definition) is 9. The van der Waals surface area contributed by atoms with Crippen LogP contribution in [0.1, 0.15) is 29.1 Å².